The van der Waals surface area contributed by atoms with Gasteiger partial charge < -0.3 is 20.3 Å². The largest absolute Gasteiger partial charge is 0.383 e. The first kappa shape index (κ1) is 19.0. The minimum Gasteiger partial charge on any atom is -0.383 e. The fourth-order valence-corrected chi connectivity index (χ4v) is 5.27. The predicted octanol–water partition coefficient (Wildman–Crippen LogP) is 1.87. The van der Waals surface area contributed by atoms with Crippen LogP contribution in [0, 0.1) is 11.8 Å². The second-order valence-electron chi connectivity index (χ2n) is 8.15. The van der Waals surface area contributed by atoms with Crippen LogP contribution in [-0.2, 0) is 11.2 Å². The van der Waals surface area contributed by atoms with E-state index in [1.807, 2.05) is 0 Å². The van der Waals surface area contributed by atoms with Gasteiger partial charge in [0.15, 0.2) is 5.11 Å². The number of thiocarbonyl (C=S) groups is 1. The van der Waals surface area contributed by atoms with Gasteiger partial charge in [0.25, 0.3) is 0 Å². The van der Waals surface area contributed by atoms with E-state index in [2.05, 4.69) is 44.7 Å². The van der Waals surface area contributed by atoms with Crippen LogP contribution in [0.4, 0.5) is 5.69 Å². The molecule has 0 spiro atoms. The van der Waals surface area contributed by atoms with Gasteiger partial charge in [0.2, 0.25) is 0 Å². The van der Waals surface area contributed by atoms with Gasteiger partial charge in [0.05, 0.1) is 6.61 Å². The number of methoxy groups -OCH3 is 1. The zero-order valence-electron chi connectivity index (χ0n) is 16.3. The van der Waals surface area contributed by atoms with Crippen molar-refractivity contribution in [3.8, 4) is 0 Å². The highest BCUT2D eigenvalue weighted by Gasteiger charge is 2.40. The fraction of sp³-hybridized carbons (Fsp3) is 0.667. The van der Waals surface area contributed by atoms with Gasteiger partial charge in [0, 0.05) is 51.6 Å². The lowest BCUT2D eigenvalue weighted by molar-refractivity contribution is 0.00638. The van der Waals surface area contributed by atoms with Gasteiger partial charge in [-0.25, -0.2) is 0 Å². The zero-order valence-corrected chi connectivity index (χ0v) is 17.1. The second kappa shape index (κ2) is 8.76. The van der Waals surface area contributed by atoms with Crippen LogP contribution in [0.3, 0.4) is 0 Å². The third kappa shape index (κ3) is 4.39. The summed E-state index contributed by atoms with van der Waals surface area (Å²) in [6.45, 7) is 7.28. The van der Waals surface area contributed by atoms with Crippen LogP contribution in [0.1, 0.15) is 18.4 Å². The van der Waals surface area contributed by atoms with Crippen molar-refractivity contribution in [1.29, 1.82) is 0 Å². The molecule has 0 amide bonds. The maximum Gasteiger partial charge on any atom is 0.166 e. The quantitative estimate of drug-likeness (QED) is 0.549. The topological polar surface area (TPSA) is 39.8 Å². The predicted molar refractivity (Wildman–Crippen MR) is 114 cm³/mol. The van der Waals surface area contributed by atoms with E-state index in [0.29, 0.717) is 12.6 Å². The molecule has 4 aliphatic heterocycles. The summed E-state index contributed by atoms with van der Waals surface area (Å²) in [6, 6.07) is 9.56. The van der Waals surface area contributed by atoms with Crippen molar-refractivity contribution in [2.45, 2.75) is 25.3 Å². The number of benzene rings is 1. The average molecular weight is 389 g/mol. The van der Waals surface area contributed by atoms with Gasteiger partial charge >= 0.3 is 0 Å². The van der Waals surface area contributed by atoms with E-state index in [9.17, 15) is 0 Å². The van der Waals surface area contributed by atoms with Crippen molar-refractivity contribution in [2.24, 2.45) is 11.8 Å². The first-order valence-corrected chi connectivity index (χ1v) is 10.7. The molecule has 3 saturated heterocycles. The summed E-state index contributed by atoms with van der Waals surface area (Å²) in [5, 5.41) is 7.36. The molecule has 6 heteroatoms. The summed E-state index contributed by atoms with van der Waals surface area (Å²) in [6.07, 6.45) is 3.86. The molecule has 2 N–H and O–H groups in total. The lowest BCUT2D eigenvalue weighted by atomic mass is 9.75. The number of rotatable bonds is 7. The minimum atomic E-state index is 0.619. The summed E-state index contributed by atoms with van der Waals surface area (Å²) < 4.78 is 5.05. The number of nitrogens with one attached hydrogen (secondary N) is 2. The lowest BCUT2D eigenvalue weighted by Crippen LogP contribution is -2.59. The van der Waals surface area contributed by atoms with E-state index < -0.39 is 0 Å². The highest BCUT2D eigenvalue weighted by molar-refractivity contribution is 7.80. The van der Waals surface area contributed by atoms with Gasteiger partial charge in [-0.15, -0.1) is 0 Å². The highest BCUT2D eigenvalue weighted by atomic mass is 32.1. The number of piperidine rings is 3. The lowest BCUT2D eigenvalue weighted by Gasteiger charge is -2.51. The van der Waals surface area contributed by atoms with Gasteiger partial charge in [-0.3, -0.25) is 4.90 Å². The molecule has 148 valence electrons. The Morgan fingerprint density at radius 3 is 2.96 bits per heavy atom. The Kier molecular flexibility index (Phi) is 6.15. The van der Waals surface area contributed by atoms with Gasteiger partial charge in [0.1, 0.15) is 0 Å². The van der Waals surface area contributed by atoms with Gasteiger partial charge in [-0.1, -0.05) is 18.2 Å². The Morgan fingerprint density at radius 2 is 2.15 bits per heavy atom. The van der Waals surface area contributed by atoms with Crippen LogP contribution < -0.4 is 15.5 Å². The van der Waals surface area contributed by atoms with Crippen molar-refractivity contribution < 1.29 is 4.74 Å². The Morgan fingerprint density at radius 1 is 1.26 bits per heavy atom. The van der Waals surface area contributed by atoms with Crippen LogP contribution in [0.2, 0.25) is 0 Å². The molecule has 0 radical (unpaired) electrons. The molecule has 0 saturated carbocycles. The molecule has 5 rings (SSSR count). The molecule has 27 heavy (non-hydrogen) atoms. The first-order chi connectivity index (χ1) is 13.2. The number of para-hydroxylation sites is 1. The average Bonchev–Trinajstić information content (AvgIpc) is 3.10. The third-order valence-corrected chi connectivity index (χ3v) is 6.83. The number of fused-ring (bicyclic) bond motifs is 4. The zero-order chi connectivity index (χ0) is 18.6. The molecular weight excluding hydrogens is 356 g/mol. The fourth-order valence-electron chi connectivity index (χ4n) is 5.09. The van der Waals surface area contributed by atoms with Gasteiger partial charge in [-0.2, -0.15) is 0 Å². The minimum absolute atomic E-state index is 0.619. The first-order valence-electron chi connectivity index (χ1n) is 10.3. The summed E-state index contributed by atoms with van der Waals surface area (Å²) in [5.41, 5.74) is 3.00. The molecule has 4 aliphatic rings. The molecule has 1 aromatic carbocycles. The molecule has 3 fully saturated rings. The normalized spacial score (nSPS) is 28.9. The smallest absolute Gasteiger partial charge is 0.166 e. The summed E-state index contributed by atoms with van der Waals surface area (Å²) in [5.74, 6) is 1.65. The van der Waals surface area contributed by atoms with E-state index in [0.717, 1.165) is 30.0 Å². The Labute approximate surface area is 168 Å². The number of hydrogen-bond donors (Lipinski definition) is 2. The molecule has 2 bridgehead atoms. The maximum atomic E-state index is 5.37. The van der Waals surface area contributed by atoms with Crippen LogP contribution in [0.5, 0.6) is 0 Å². The van der Waals surface area contributed by atoms with Crippen molar-refractivity contribution in [2.75, 3.05) is 57.9 Å². The van der Waals surface area contributed by atoms with Crippen LogP contribution in [0.15, 0.2) is 24.3 Å². The van der Waals surface area contributed by atoms with Crippen molar-refractivity contribution in [1.82, 2.24) is 15.5 Å². The molecule has 0 aliphatic carbocycles. The number of ether oxygens (including phenoxy) is 1. The Bertz CT molecular complexity index is 655. The maximum absolute atomic E-state index is 5.37. The Balaban J connectivity index is 1.26. The van der Waals surface area contributed by atoms with Crippen molar-refractivity contribution in [3.63, 3.8) is 0 Å². The number of anilines is 1. The molecule has 4 unspecified atom stereocenters. The highest BCUT2D eigenvalue weighted by Crippen LogP contribution is 2.38. The van der Waals surface area contributed by atoms with Crippen LogP contribution in [0.25, 0.3) is 0 Å². The van der Waals surface area contributed by atoms with Crippen molar-refractivity contribution in [3.05, 3.63) is 29.8 Å². The third-order valence-electron chi connectivity index (χ3n) is 6.54. The van der Waals surface area contributed by atoms with E-state index in [4.69, 9.17) is 17.0 Å². The number of hydrogen-bond acceptors (Lipinski definition) is 4. The van der Waals surface area contributed by atoms with E-state index in [-0.39, 0.29) is 0 Å². The van der Waals surface area contributed by atoms with E-state index in [1.54, 1.807) is 7.11 Å². The summed E-state index contributed by atoms with van der Waals surface area (Å²) in [7, 11) is 1.71. The van der Waals surface area contributed by atoms with Crippen LogP contribution >= 0.6 is 12.2 Å². The Hall–Kier alpha value is -1.37. The van der Waals surface area contributed by atoms with Gasteiger partial charge in [-0.05, 0) is 61.5 Å². The molecule has 1 aromatic rings. The van der Waals surface area contributed by atoms with E-state index in [1.165, 1.54) is 56.7 Å². The number of nitrogens with zero attached hydrogens (tertiary/aromatic N) is 2. The molecule has 5 nitrogen and oxygen atoms in total. The molecule has 4 heterocycles. The summed E-state index contributed by atoms with van der Waals surface area (Å²) in [4.78, 5) is 5.32. The second-order valence-corrected chi connectivity index (χ2v) is 8.56. The standard InChI is InChI=1S/C21H32N4OS/c1-26-11-8-22-21(27)23-13-19-12-17-7-9-24(19)14-18(17)15-25-10-6-16-4-2-3-5-20(16)25/h2-5,17-19H,6-15H2,1H3,(H2,22,23,27). The molecular formula is C21H32N4OS. The van der Waals surface area contributed by atoms with E-state index >= 15 is 0 Å². The monoisotopic (exact) mass is 388 g/mol. The molecule has 4 atom stereocenters. The summed E-state index contributed by atoms with van der Waals surface area (Å²) >= 11 is 5.37. The van der Waals surface area contributed by atoms with Crippen LogP contribution in [-0.4, -0.2) is 69.0 Å². The SMILES string of the molecule is COCCNC(=S)NCC1CC2CCN1CC2CN1CCc2ccccc21. The van der Waals surface area contributed by atoms with Crippen molar-refractivity contribution >= 4 is 23.0 Å². The molecule has 0 aromatic heterocycles.